The molecule has 1 spiro atoms. The molecule has 2 aliphatic rings. The van der Waals surface area contributed by atoms with E-state index < -0.39 is 5.60 Å². The maximum Gasteiger partial charge on any atom is 0.407 e. The fraction of sp³-hybridized carbons (Fsp3) is 0.600. The lowest BCUT2D eigenvalue weighted by Crippen LogP contribution is -2.51. The molecule has 2 heterocycles. The van der Waals surface area contributed by atoms with Crippen LogP contribution in [0.15, 0.2) is 12.7 Å². The van der Waals surface area contributed by atoms with Gasteiger partial charge in [0.15, 0.2) is 0 Å². The quantitative estimate of drug-likeness (QED) is 0.632. The summed E-state index contributed by atoms with van der Waals surface area (Å²) >= 11 is 0. The van der Waals surface area contributed by atoms with Crippen molar-refractivity contribution < 1.29 is 14.3 Å². The van der Waals surface area contributed by atoms with E-state index >= 15 is 0 Å². The highest BCUT2D eigenvalue weighted by Gasteiger charge is 2.44. The second kappa shape index (κ2) is 3.56. The molecule has 15 heavy (non-hydrogen) atoms. The number of alkyl carbamates (subject to hydrolysis) is 1. The largest absolute Gasteiger partial charge is 0.439 e. The highest BCUT2D eigenvalue weighted by molar-refractivity contribution is 5.87. The van der Waals surface area contributed by atoms with Crippen molar-refractivity contribution in [1.29, 1.82) is 0 Å². The van der Waals surface area contributed by atoms with Crippen molar-refractivity contribution >= 4 is 12.0 Å². The minimum Gasteiger partial charge on any atom is -0.439 e. The molecule has 0 radical (unpaired) electrons. The van der Waals surface area contributed by atoms with Crippen molar-refractivity contribution in [2.24, 2.45) is 0 Å². The average molecular weight is 210 g/mol. The van der Waals surface area contributed by atoms with E-state index in [1.807, 2.05) is 0 Å². The number of likely N-dealkylation sites (tertiary alicyclic amines) is 1. The summed E-state index contributed by atoms with van der Waals surface area (Å²) in [5.74, 6) is -0.1000. The van der Waals surface area contributed by atoms with Gasteiger partial charge in [0.1, 0.15) is 5.60 Å². The van der Waals surface area contributed by atoms with Gasteiger partial charge in [-0.1, -0.05) is 6.58 Å². The zero-order valence-corrected chi connectivity index (χ0v) is 8.49. The number of nitrogens with zero attached hydrogens (tertiary/aromatic N) is 1. The van der Waals surface area contributed by atoms with Crippen molar-refractivity contribution in [3.63, 3.8) is 0 Å². The van der Waals surface area contributed by atoms with Gasteiger partial charge in [-0.15, -0.1) is 0 Å². The molecule has 2 amide bonds. The average Bonchev–Trinajstić information content (AvgIpc) is 2.59. The third kappa shape index (κ3) is 1.82. The number of ether oxygens (including phenoxy) is 1. The number of rotatable bonds is 1. The number of carbonyl (C=O) groups is 2. The fourth-order valence-corrected chi connectivity index (χ4v) is 2.14. The molecule has 0 aliphatic carbocycles. The van der Waals surface area contributed by atoms with Crippen molar-refractivity contribution in [2.45, 2.75) is 18.4 Å². The number of hydrogen-bond donors (Lipinski definition) is 1. The molecule has 0 aromatic heterocycles. The van der Waals surface area contributed by atoms with Gasteiger partial charge in [-0.2, -0.15) is 0 Å². The summed E-state index contributed by atoms with van der Waals surface area (Å²) in [6.45, 7) is 5.13. The van der Waals surface area contributed by atoms with Gasteiger partial charge < -0.3 is 15.0 Å². The molecule has 0 saturated carbocycles. The number of piperidine rings is 1. The van der Waals surface area contributed by atoms with Gasteiger partial charge in [0.2, 0.25) is 5.91 Å². The van der Waals surface area contributed by atoms with Gasteiger partial charge in [-0.25, -0.2) is 4.79 Å². The Balaban J connectivity index is 2.07. The Morgan fingerprint density at radius 1 is 1.67 bits per heavy atom. The Morgan fingerprint density at radius 2 is 2.47 bits per heavy atom. The number of nitrogens with one attached hydrogen (secondary N) is 1. The molecule has 82 valence electrons. The van der Waals surface area contributed by atoms with Gasteiger partial charge in [-0.05, 0) is 18.9 Å². The summed E-state index contributed by atoms with van der Waals surface area (Å²) in [4.78, 5) is 24.1. The summed E-state index contributed by atoms with van der Waals surface area (Å²) in [5.41, 5.74) is -0.506. The number of hydrogen-bond acceptors (Lipinski definition) is 3. The Morgan fingerprint density at radius 3 is 3.07 bits per heavy atom. The van der Waals surface area contributed by atoms with Crippen LogP contribution in [-0.2, 0) is 9.53 Å². The van der Waals surface area contributed by atoms with E-state index in [1.165, 1.54) is 6.08 Å². The zero-order chi connectivity index (χ0) is 10.9. The molecule has 0 aromatic rings. The van der Waals surface area contributed by atoms with Crippen molar-refractivity contribution in [1.82, 2.24) is 10.2 Å². The van der Waals surface area contributed by atoms with Crippen LogP contribution in [0, 0.1) is 0 Å². The Labute approximate surface area is 88.1 Å². The van der Waals surface area contributed by atoms with Crippen LogP contribution in [0.5, 0.6) is 0 Å². The predicted octanol–water partition coefficient (Wildman–Crippen LogP) is 0.273. The minimum atomic E-state index is -0.506. The molecule has 2 rings (SSSR count). The first-order chi connectivity index (χ1) is 7.15. The summed E-state index contributed by atoms with van der Waals surface area (Å²) in [6.07, 6.45) is 2.58. The molecule has 5 nitrogen and oxygen atoms in total. The molecule has 0 bridgehead atoms. The standard InChI is InChI=1S/C10H14N2O3/c1-2-8(13)12-5-3-4-10(7-12)6-11-9(14)15-10/h2H,1,3-7H2,(H,11,14)/t10-/m1/s1. The van der Waals surface area contributed by atoms with Gasteiger partial charge in [0.25, 0.3) is 0 Å². The van der Waals surface area contributed by atoms with Gasteiger partial charge in [0, 0.05) is 6.54 Å². The maximum absolute atomic E-state index is 11.4. The highest BCUT2D eigenvalue weighted by atomic mass is 16.6. The monoisotopic (exact) mass is 210 g/mol. The first-order valence-corrected chi connectivity index (χ1v) is 5.03. The van der Waals surface area contributed by atoms with Crippen LogP contribution in [0.2, 0.25) is 0 Å². The van der Waals surface area contributed by atoms with E-state index in [2.05, 4.69) is 11.9 Å². The normalized spacial score (nSPS) is 29.9. The topological polar surface area (TPSA) is 58.6 Å². The van der Waals surface area contributed by atoms with Crippen LogP contribution >= 0.6 is 0 Å². The Kier molecular flexibility index (Phi) is 2.38. The molecule has 5 heteroatoms. The van der Waals surface area contributed by atoms with Crippen LogP contribution in [0.4, 0.5) is 4.79 Å². The first kappa shape index (κ1) is 10.0. The van der Waals surface area contributed by atoms with E-state index in [4.69, 9.17) is 4.74 Å². The SMILES string of the molecule is C=CC(=O)N1CCC[C@@]2(CNC(=O)O2)C1. The van der Waals surface area contributed by atoms with Crippen molar-refractivity contribution in [2.75, 3.05) is 19.6 Å². The summed E-state index contributed by atoms with van der Waals surface area (Å²) in [5, 5.41) is 2.63. The molecular formula is C10H14N2O3. The second-order valence-electron chi connectivity index (χ2n) is 3.99. The summed E-state index contributed by atoms with van der Waals surface area (Å²) in [6, 6.07) is 0. The molecule has 2 saturated heterocycles. The molecule has 0 aromatic carbocycles. The lowest BCUT2D eigenvalue weighted by Gasteiger charge is -2.37. The molecule has 1 N–H and O–H groups in total. The smallest absolute Gasteiger partial charge is 0.407 e. The summed E-state index contributed by atoms with van der Waals surface area (Å²) in [7, 11) is 0. The maximum atomic E-state index is 11.4. The lowest BCUT2D eigenvalue weighted by atomic mass is 9.93. The van der Waals surface area contributed by atoms with Crippen LogP contribution < -0.4 is 5.32 Å². The fourth-order valence-electron chi connectivity index (χ4n) is 2.14. The van der Waals surface area contributed by atoms with Crippen LogP contribution in [0.25, 0.3) is 0 Å². The van der Waals surface area contributed by atoms with Gasteiger partial charge >= 0.3 is 6.09 Å². The second-order valence-corrected chi connectivity index (χ2v) is 3.99. The lowest BCUT2D eigenvalue weighted by molar-refractivity contribution is -0.131. The molecular weight excluding hydrogens is 196 g/mol. The third-order valence-electron chi connectivity index (χ3n) is 2.89. The van der Waals surface area contributed by atoms with E-state index in [9.17, 15) is 9.59 Å². The Hall–Kier alpha value is -1.52. The van der Waals surface area contributed by atoms with Crippen LogP contribution in [-0.4, -0.2) is 42.1 Å². The minimum absolute atomic E-state index is 0.1000. The van der Waals surface area contributed by atoms with E-state index in [0.29, 0.717) is 19.6 Å². The number of amides is 2. The van der Waals surface area contributed by atoms with Crippen LogP contribution in [0.3, 0.4) is 0 Å². The predicted molar refractivity (Wildman–Crippen MR) is 53.2 cm³/mol. The zero-order valence-electron chi connectivity index (χ0n) is 8.49. The van der Waals surface area contributed by atoms with Gasteiger partial charge in [0.05, 0.1) is 13.1 Å². The van der Waals surface area contributed by atoms with Crippen molar-refractivity contribution in [3.8, 4) is 0 Å². The highest BCUT2D eigenvalue weighted by Crippen LogP contribution is 2.27. The molecule has 2 aliphatic heterocycles. The van der Waals surface area contributed by atoms with Crippen LogP contribution in [0.1, 0.15) is 12.8 Å². The summed E-state index contributed by atoms with van der Waals surface area (Å²) < 4.78 is 5.24. The van der Waals surface area contributed by atoms with E-state index in [0.717, 1.165) is 12.8 Å². The van der Waals surface area contributed by atoms with E-state index in [1.54, 1.807) is 4.90 Å². The first-order valence-electron chi connectivity index (χ1n) is 5.03. The molecule has 0 unspecified atom stereocenters. The third-order valence-corrected chi connectivity index (χ3v) is 2.89. The van der Waals surface area contributed by atoms with E-state index in [-0.39, 0.29) is 12.0 Å². The molecule has 2 fully saturated rings. The Bertz CT molecular complexity index is 316. The molecule has 1 atom stereocenters. The van der Waals surface area contributed by atoms with Gasteiger partial charge in [-0.3, -0.25) is 4.79 Å². The van der Waals surface area contributed by atoms with Crippen molar-refractivity contribution in [3.05, 3.63) is 12.7 Å². The number of carbonyl (C=O) groups excluding carboxylic acids is 2.